The first kappa shape index (κ1) is 21.8. The summed E-state index contributed by atoms with van der Waals surface area (Å²) in [6.45, 7) is 1.48. The predicted molar refractivity (Wildman–Crippen MR) is 112 cm³/mol. The van der Waals surface area contributed by atoms with Gasteiger partial charge < -0.3 is 4.74 Å². The summed E-state index contributed by atoms with van der Waals surface area (Å²) < 4.78 is 31.8. The average molecular weight is 429 g/mol. The number of morpholine rings is 1. The molecule has 0 radical (unpaired) electrons. The van der Waals surface area contributed by atoms with Gasteiger partial charge in [-0.2, -0.15) is 9.41 Å². The van der Waals surface area contributed by atoms with Crippen molar-refractivity contribution in [3.8, 4) is 0 Å². The van der Waals surface area contributed by atoms with Crippen LogP contribution in [0.4, 0.5) is 0 Å². The van der Waals surface area contributed by atoms with Gasteiger partial charge >= 0.3 is 0 Å². The monoisotopic (exact) mass is 429 g/mol. The van der Waals surface area contributed by atoms with E-state index in [1.165, 1.54) is 4.31 Å². The van der Waals surface area contributed by atoms with Gasteiger partial charge in [0.2, 0.25) is 21.7 Å². The van der Waals surface area contributed by atoms with Crippen LogP contribution in [0.5, 0.6) is 0 Å². The molecule has 0 bridgehead atoms. The van der Waals surface area contributed by atoms with E-state index in [9.17, 15) is 18.0 Å². The fourth-order valence-corrected chi connectivity index (χ4v) is 4.33. The molecule has 30 heavy (non-hydrogen) atoms. The summed E-state index contributed by atoms with van der Waals surface area (Å²) in [5, 5.41) is 3.69. The number of rotatable bonds is 8. The molecule has 0 aromatic heterocycles. The molecule has 1 saturated heterocycles. The zero-order chi connectivity index (χ0) is 21.4. The van der Waals surface area contributed by atoms with Gasteiger partial charge in [-0.05, 0) is 24.1 Å². The Labute approximate surface area is 175 Å². The number of carbonyl (C=O) groups is 2. The Hall–Kier alpha value is -2.88. The number of sulfonamides is 1. The highest BCUT2D eigenvalue weighted by molar-refractivity contribution is 7.89. The summed E-state index contributed by atoms with van der Waals surface area (Å²) in [5.74, 6) is -0.634. The largest absolute Gasteiger partial charge is 0.379 e. The molecular formula is C21H23N3O5S. The molecule has 2 aromatic carbocycles. The molecule has 1 fully saturated rings. The average Bonchev–Trinajstić information content (AvgIpc) is 2.79. The fraction of sp³-hybridized carbons (Fsp3) is 0.286. The zero-order valence-corrected chi connectivity index (χ0v) is 17.2. The van der Waals surface area contributed by atoms with Crippen molar-refractivity contribution in [1.29, 1.82) is 0 Å². The second-order valence-electron chi connectivity index (χ2n) is 6.68. The smallest absolute Gasteiger partial charge is 0.243 e. The van der Waals surface area contributed by atoms with Crippen LogP contribution in [-0.2, 0) is 26.0 Å². The number of ketones is 1. The number of benzene rings is 2. The summed E-state index contributed by atoms with van der Waals surface area (Å²) in [6, 6.07) is 15.1. The molecule has 1 aliphatic heterocycles. The first-order chi connectivity index (χ1) is 14.5. The number of aryl methyl sites for hydroxylation is 1. The molecule has 2 aromatic rings. The first-order valence-corrected chi connectivity index (χ1v) is 11.0. The maximum Gasteiger partial charge on any atom is 0.243 e. The molecule has 1 N–H and O–H groups in total. The molecule has 8 nitrogen and oxygen atoms in total. The van der Waals surface area contributed by atoms with Gasteiger partial charge in [0.1, 0.15) is 0 Å². The third-order valence-electron chi connectivity index (χ3n) is 4.60. The molecule has 158 valence electrons. The first-order valence-electron chi connectivity index (χ1n) is 9.55. The van der Waals surface area contributed by atoms with Crippen molar-refractivity contribution >= 4 is 27.9 Å². The van der Waals surface area contributed by atoms with Crippen LogP contribution >= 0.6 is 0 Å². The van der Waals surface area contributed by atoms with Crippen molar-refractivity contribution in [1.82, 2.24) is 9.73 Å². The lowest BCUT2D eigenvalue weighted by Gasteiger charge is -2.26. The summed E-state index contributed by atoms with van der Waals surface area (Å²) in [7, 11) is -3.53. The van der Waals surface area contributed by atoms with E-state index in [4.69, 9.17) is 4.74 Å². The Balaban J connectivity index is 1.48. The quantitative estimate of drug-likeness (QED) is 0.390. The van der Waals surface area contributed by atoms with Gasteiger partial charge in [-0.25, -0.2) is 13.8 Å². The number of carbonyl (C=O) groups excluding carboxylic acids is 2. The van der Waals surface area contributed by atoms with Crippen molar-refractivity contribution in [3.05, 3.63) is 65.7 Å². The second-order valence-corrected chi connectivity index (χ2v) is 8.62. The molecule has 9 heteroatoms. The van der Waals surface area contributed by atoms with Gasteiger partial charge in [-0.3, -0.25) is 9.59 Å². The van der Waals surface area contributed by atoms with Crippen LogP contribution in [0.15, 0.2) is 64.6 Å². The lowest BCUT2D eigenvalue weighted by molar-refractivity contribution is -0.121. The number of nitrogens with one attached hydrogen (secondary N) is 1. The molecule has 1 amide bonds. The van der Waals surface area contributed by atoms with Crippen molar-refractivity contribution in [3.63, 3.8) is 0 Å². The van der Waals surface area contributed by atoms with Gasteiger partial charge in [0.25, 0.3) is 0 Å². The van der Waals surface area contributed by atoms with Crippen molar-refractivity contribution < 1.29 is 22.7 Å². The Morgan fingerprint density at radius 3 is 2.37 bits per heavy atom. The minimum atomic E-state index is -3.53. The molecule has 0 unspecified atom stereocenters. The molecule has 3 rings (SSSR count). The highest BCUT2D eigenvalue weighted by atomic mass is 32.2. The van der Waals surface area contributed by atoms with E-state index in [2.05, 4.69) is 10.5 Å². The number of hydrazone groups is 1. The number of Topliss-reactive ketones (excluding diaryl/α,β-unsaturated/α-hetero) is 1. The molecule has 0 atom stereocenters. The van der Waals surface area contributed by atoms with Gasteiger partial charge in [0.15, 0.2) is 0 Å². The molecule has 1 aliphatic rings. The Bertz CT molecular complexity index is 999. The standard InChI is InChI=1S/C21H23N3O5S/c25-20(18-4-2-1-3-5-18)16-22-23-21(26)11-8-17-6-9-19(10-7-17)30(27,28)24-12-14-29-15-13-24/h1-7,9-10,16H,8,11-15H2,(H,23,26). The van der Waals surface area contributed by atoms with Gasteiger partial charge in [0.05, 0.1) is 24.3 Å². The number of amides is 1. The maximum absolute atomic E-state index is 12.6. The van der Waals surface area contributed by atoms with Crippen LogP contribution in [0, 0.1) is 0 Å². The number of hydrogen-bond donors (Lipinski definition) is 1. The summed E-state index contributed by atoms with van der Waals surface area (Å²) >= 11 is 0. The van der Waals surface area contributed by atoms with Crippen LogP contribution in [0.25, 0.3) is 0 Å². The third-order valence-corrected chi connectivity index (χ3v) is 6.51. The second kappa shape index (κ2) is 10.2. The van der Waals surface area contributed by atoms with Crippen molar-refractivity contribution in [2.24, 2.45) is 5.10 Å². The summed E-state index contributed by atoms with van der Waals surface area (Å²) in [5.41, 5.74) is 3.65. The zero-order valence-electron chi connectivity index (χ0n) is 16.4. The predicted octanol–water partition coefficient (Wildman–Crippen LogP) is 1.62. The van der Waals surface area contributed by atoms with E-state index in [0.29, 0.717) is 38.3 Å². The van der Waals surface area contributed by atoms with E-state index < -0.39 is 10.0 Å². The van der Waals surface area contributed by atoms with E-state index in [1.807, 2.05) is 0 Å². The van der Waals surface area contributed by atoms with Gasteiger partial charge in [0, 0.05) is 25.1 Å². The normalized spacial score (nSPS) is 15.2. The number of hydrogen-bond acceptors (Lipinski definition) is 6. The van der Waals surface area contributed by atoms with Crippen LogP contribution in [-0.4, -0.2) is 56.9 Å². The van der Waals surface area contributed by atoms with E-state index in [-0.39, 0.29) is 23.0 Å². The topological polar surface area (TPSA) is 105 Å². The summed E-state index contributed by atoms with van der Waals surface area (Å²) in [4.78, 5) is 24.0. The van der Waals surface area contributed by atoms with Crippen molar-refractivity contribution in [2.75, 3.05) is 26.3 Å². The lowest BCUT2D eigenvalue weighted by Crippen LogP contribution is -2.40. The van der Waals surface area contributed by atoms with Crippen LogP contribution < -0.4 is 5.43 Å². The number of ether oxygens (including phenoxy) is 1. The third kappa shape index (κ3) is 5.82. The molecule has 0 saturated carbocycles. The molecule has 0 aliphatic carbocycles. The highest BCUT2D eigenvalue weighted by Crippen LogP contribution is 2.18. The Morgan fingerprint density at radius 2 is 1.70 bits per heavy atom. The van der Waals surface area contributed by atoms with Crippen LogP contribution in [0.1, 0.15) is 22.3 Å². The molecular weight excluding hydrogens is 406 g/mol. The van der Waals surface area contributed by atoms with E-state index in [1.54, 1.807) is 54.6 Å². The molecule has 0 spiro atoms. The van der Waals surface area contributed by atoms with Crippen molar-refractivity contribution in [2.45, 2.75) is 17.7 Å². The minimum absolute atomic E-state index is 0.159. The van der Waals surface area contributed by atoms with Crippen LogP contribution in [0.2, 0.25) is 0 Å². The van der Waals surface area contributed by atoms with E-state index in [0.717, 1.165) is 11.8 Å². The Morgan fingerprint density at radius 1 is 1.03 bits per heavy atom. The fourth-order valence-electron chi connectivity index (χ4n) is 2.92. The lowest BCUT2D eigenvalue weighted by atomic mass is 10.1. The molecule has 1 heterocycles. The maximum atomic E-state index is 12.6. The van der Waals surface area contributed by atoms with Gasteiger partial charge in [-0.15, -0.1) is 0 Å². The van der Waals surface area contributed by atoms with E-state index >= 15 is 0 Å². The highest BCUT2D eigenvalue weighted by Gasteiger charge is 2.26. The number of nitrogens with zero attached hydrogens (tertiary/aromatic N) is 2. The summed E-state index contributed by atoms with van der Waals surface area (Å²) in [6.07, 6.45) is 1.65. The van der Waals surface area contributed by atoms with Gasteiger partial charge in [-0.1, -0.05) is 42.5 Å². The Kier molecular flexibility index (Phi) is 7.45. The SMILES string of the molecule is O=C(CCc1ccc(S(=O)(=O)N2CCOCC2)cc1)NN=CC(=O)c1ccccc1. The van der Waals surface area contributed by atoms with Crippen LogP contribution in [0.3, 0.4) is 0 Å². The minimum Gasteiger partial charge on any atom is -0.379 e.